The third kappa shape index (κ3) is 4.68. The number of hydrogen-bond acceptors (Lipinski definition) is 3. The van der Waals surface area contributed by atoms with Crippen LogP contribution in [-0.4, -0.2) is 31.2 Å². The summed E-state index contributed by atoms with van der Waals surface area (Å²) in [6.07, 6.45) is 1.69. The maximum absolute atomic E-state index is 13.6. The van der Waals surface area contributed by atoms with Gasteiger partial charge in [-0.1, -0.05) is 11.6 Å². The molecular formula is C19H19ClF2N2O3S. The Morgan fingerprint density at radius 3 is 2.36 bits per heavy atom. The highest BCUT2D eigenvalue weighted by Gasteiger charge is 2.36. The first-order valence-corrected chi connectivity index (χ1v) is 10.6. The molecule has 0 saturated carbocycles. The number of nitrogens with zero attached hydrogens (tertiary/aromatic N) is 1. The molecule has 28 heavy (non-hydrogen) atoms. The van der Waals surface area contributed by atoms with E-state index in [1.165, 1.54) is 24.3 Å². The van der Waals surface area contributed by atoms with E-state index in [-0.39, 0.29) is 17.0 Å². The first-order valence-electron chi connectivity index (χ1n) is 8.77. The molecule has 3 rings (SSSR count). The van der Waals surface area contributed by atoms with Gasteiger partial charge < -0.3 is 5.32 Å². The summed E-state index contributed by atoms with van der Waals surface area (Å²) < 4.78 is 54.8. The minimum atomic E-state index is -4.12. The zero-order valence-corrected chi connectivity index (χ0v) is 16.4. The Kier molecular flexibility index (Phi) is 6.32. The molecular weight excluding hydrogens is 410 g/mol. The lowest BCUT2D eigenvalue weighted by Gasteiger charge is -2.29. The third-order valence-electron chi connectivity index (χ3n) is 4.53. The fraction of sp³-hybridized carbons (Fsp3) is 0.316. The van der Waals surface area contributed by atoms with Crippen molar-refractivity contribution in [2.24, 2.45) is 0 Å². The minimum Gasteiger partial charge on any atom is -0.355 e. The highest BCUT2D eigenvalue weighted by atomic mass is 35.5. The topological polar surface area (TPSA) is 66.5 Å². The van der Waals surface area contributed by atoms with Crippen molar-refractivity contribution in [3.63, 3.8) is 0 Å². The van der Waals surface area contributed by atoms with Gasteiger partial charge in [0.25, 0.3) is 0 Å². The van der Waals surface area contributed by atoms with Gasteiger partial charge in [0.05, 0.1) is 4.90 Å². The van der Waals surface area contributed by atoms with Crippen molar-refractivity contribution in [2.45, 2.75) is 36.7 Å². The summed E-state index contributed by atoms with van der Waals surface area (Å²) in [5.74, 6) is -2.06. The number of halogens is 3. The summed E-state index contributed by atoms with van der Waals surface area (Å²) >= 11 is 5.84. The number of hydrogen-bond donors (Lipinski definition) is 1. The number of rotatable bonds is 5. The van der Waals surface area contributed by atoms with E-state index in [1.54, 1.807) is 0 Å². The lowest BCUT2D eigenvalue weighted by molar-refractivity contribution is -0.124. The molecule has 0 aromatic heterocycles. The van der Waals surface area contributed by atoms with E-state index in [0.717, 1.165) is 22.9 Å². The third-order valence-corrected chi connectivity index (χ3v) is 6.66. The van der Waals surface area contributed by atoms with Gasteiger partial charge >= 0.3 is 0 Å². The van der Waals surface area contributed by atoms with Crippen molar-refractivity contribution in [1.82, 2.24) is 9.62 Å². The predicted octanol–water partition coefficient (Wildman–Crippen LogP) is 3.48. The molecule has 2 aromatic rings. The molecule has 1 aliphatic heterocycles. The Balaban J connectivity index is 2.04. The maximum Gasteiger partial charge on any atom is 0.244 e. The van der Waals surface area contributed by atoms with Crippen LogP contribution in [-0.2, 0) is 21.4 Å². The smallest absolute Gasteiger partial charge is 0.244 e. The first-order chi connectivity index (χ1) is 13.3. The van der Waals surface area contributed by atoms with Crippen molar-refractivity contribution in [3.8, 4) is 0 Å². The molecule has 0 spiro atoms. The van der Waals surface area contributed by atoms with Crippen LogP contribution in [0.5, 0.6) is 0 Å². The van der Waals surface area contributed by atoms with Crippen LogP contribution in [0, 0.1) is 11.6 Å². The summed E-state index contributed by atoms with van der Waals surface area (Å²) in [5.41, 5.74) is 0.118. The molecule has 5 nitrogen and oxygen atoms in total. The standard InChI is InChI=1S/C19H19ClF2N2O3S/c20-14-4-6-17(7-5-14)28(26,27)24(18-3-1-2-8-23-19(18)25)12-13-9-15(21)11-16(22)10-13/h4-7,9-11,18H,1-3,8,12H2,(H,23,25)/t18-/m1/s1. The van der Waals surface area contributed by atoms with Crippen molar-refractivity contribution in [1.29, 1.82) is 0 Å². The fourth-order valence-corrected chi connectivity index (χ4v) is 4.92. The Hall–Kier alpha value is -2.03. The van der Waals surface area contributed by atoms with Crippen LogP contribution < -0.4 is 5.32 Å². The van der Waals surface area contributed by atoms with Crippen molar-refractivity contribution in [3.05, 3.63) is 64.7 Å². The van der Waals surface area contributed by atoms with Crippen molar-refractivity contribution in [2.75, 3.05) is 6.54 Å². The largest absolute Gasteiger partial charge is 0.355 e. The Morgan fingerprint density at radius 1 is 1.07 bits per heavy atom. The van der Waals surface area contributed by atoms with Crippen LogP contribution in [0.2, 0.25) is 5.02 Å². The summed E-state index contributed by atoms with van der Waals surface area (Å²) in [4.78, 5) is 12.5. The molecule has 0 radical (unpaired) electrons. The predicted molar refractivity (Wildman–Crippen MR) is 101 cm³/mol. The molecule has 1 saturated heterocycles. The summed E-state index contributed by atoms with van der Waals surface area (Å²) in [6, 6.07) is 7.39. The van der Waals surface area contributed by atoms with Gasteiger partial charge in [0, 0.05) is 24.2 Å². The first kappa shape index (κ1) is 20.7. The molecule has 1 fully saturated rings. The Bertz CT molecular complexity index is 947. The molecule has 0 aliphatic carbocycles. The van der Waals surface area contributed by atoms with Crippen molar-refractivity contribution >= 4 is 27.5 Å². The Morgan fingerprint density at radius 2 is 1.71 bits per heavy atom. The van der Waals surface area contributed by atoms with E-state index in [9.17, 15) is 22.0 Å². The zero-order valence-electron chi connectivity index (χ0n) is 14.9. The van der Waals surface area contributed by atoms with Crippen LogP contribution in [0.15, 0.2) is 47.4 Å². The maximum atomic E-state index is 13.6. The van der Waals surface area contributed by atoms with E-state index >= 15 is 0 Å². The number of nitrogens with one attached hydrogen (secondary N) is 1. The van der Waals surface area contributed by atoms with E-state index in [2.05, 4.69) is 5.32 Å². The van der Waals surface area contributed by atoms with Crippen LogP contribution in [0.25, 0.3) is 0 Å². The number of sulfonamides is 1. The van der Waals surface area contributed by atoms with E-state index in [4.69, 9.17) is 11.6 Å². The molecule has 1 heterocycles. The average molecular weight is 429 g/mol. The molecule has 9 heteroatoms. The summed E-state index contributed by atoms with van der Waals surface area (Å²) in [6.45, 7) is 0.122. The monoisotopic (exact) mass is 428 g/mol. The van der Waals surface area contributed by atoms with Crippen LogP contribution >= 0.6 is 11.6 Å². The normalized spacial score (nSPS) is 18.0. The van der Waals surface area contributed by atoms with Gasteiger partial charge in [-0.2, -0.15) is 4.31 Å². The van der Waals surface area contributed by atoms with Gasteiger partial charge in [-0.3, -0.25) is 4.79 Å². The quantitative estimate of drug-likeness (QED) is 0.792. The van der Waals surface area contributed by atoms with Crippen LogP contribution in [0.3, 0.4) is 0 Å². The minimum absolute atomic E-state index is 0.0502. The highest BCUT2D eigenvalue weighted by Crippen LogP contribution is 2.26. The van der Waals surface area contributed by atoms with E-state index in [0.29, 0.717) is 30.5 Å². The molecule has 0 unspecified atom stereocenters. The molecule has 1 atom stereocenters. The zero-order chi connectivity index (χ0) is 20.3. The second-order valence-corrected chi connectivity index (χ2v) is 8.91. The summed E-state index contributed by atoms with van der Waals surface area (Å²) in [5, 5.41) is 3.07. The average Bonchev–Trinajstić information content (AvgIpc) is 2.83. The molecule has 1 aliphatic rings. The van der Waals surface area contributed by atoms with Gasteiger partial charge in [0.1, 0.15) is 17.7 Å². The highest BCUT2D eigenvalue weighted by molar-refractivity contribution is 7.89. The number of carbonyl (C=O) groups is 1. The lowest BCUT2D eigenvalue weighted by atomic mass is 10.1. The van der Waals surface area contributed by atoms with Gasteiger partial charge in [0.2, 0.25) is 15.9 Å². The SMILES string of the molecule is O=C1NCCCC[C@H]1N(Cc1cc(F)cc(F)c1)S(=O)(=O)c1ccc(Cl)cc1. The second kappa shape index (κ2) is 8.55. The number of amides is 1. The lowest BCUT2D eigenvalue weighted by Crippen LogP contribution is -2.48. The van der Waals surface area contributed by atoms with Gasteiger partial charge in [-0.25, -0.2) is 17.2 Å². The van der Waals surface area contributed by atoms with Crippen molar-refractivity contribution < 1.29 is 22.0 Å². The van der Waals surface area contributed by atoms with Gasteiger partial charge in [-0.05, 0) is 61.2 Å². The van der Waals surface area contributed by atoms with Crippen LogP contribution in [0.1, 0.15) is 24.8 Å². The van der Waals surface area contributed by atoms with E-state index in [1.807, 2.05) is 0 Å². The second-order valence-electron chi connectivity index (χ2n) is 6.58. The number of carbonyl (C=O) groups excluding carboxylic acids is 1. The molecule has 1 amide bonds. The van der Waals surface area contributed by atoms with Crippen LogP contribution in [0.4, 0.5) is 8.78 Å². The number of benzene rings is 2. The molecule has 0 bridgehead atoms. The molecule has 150 valence electrons. The van der Waals surface area contributed by atoms with Gasteiger partial charge in [0.15, 0.2) is 0 Å². The molecule has 1 N–H and O–H groups in total. The van der Waals surface area contributed by atoms with Gasteiger partial charge in [-0.15, -0.1) is 0 Å². The van der Waals surface area contributed by atoms with E-state index < -0.39 is 33.6 Å². The fourth-order valence-electron chi connectivity index (χ4n) is 3.18. The molecule has 2 aromatic carbocycles. The Labute approximate surface area is 167 Å². The summed E-state index contributed by atoms with van der Waals surface area (Å²) in [7, 11) is -4.12.